The second-order valence-corrected chi connectivity index (χ2v) is 4.51. The maximum Gasteiger partial charge on any atom is 0.416 e. The highest BCUT2D eigenvalue weighted by molar-refractivity contribution is 5.78. The van der Waals surface area contributed by atoms with Crippen molar-refractivity contribution in [1.29, 1.82) is 0 Å². The van der Waals surface area contributed by atoms with Gasteiger partial charge in [-0.15, -0.1) is 0 Å². The van der Waals surface area contributed by atoms with Crippen molar-refractivity contribution in [3.8, 4) is 11.1 Å². The van der Waals surface area contributed by atoms with Crippen molar-refractivity contribution in [2.45, 2.75) is 19.1 Å². The molecule has 0 aliphatic rings. The average molecular weight is 301 g/mol. The van der Waals surface area contributed by atoms with E-state index < -0.39 is 29.5 Å². The molecule has 0 aliphatic heterocycles. The third kappa shape index (κ3) is 3.21. The molecular weight excluding hydrogens is 290 g/mol. The summed E-state index contributed by atoms with van der Waals surface area (Å²) in [7, 11) is 0. The average Bonchev–Trinajstić information content (AvgIpc) is 2.85. The van der Waals surface area contributed by atoms with E-state index in [-0.39, 0.29) is 11.1 Å². The Hall–Kier alpha value is -2.38. The van der Waals surface area contributed by atoms with E-state index >= 15 is 0 Å². The highest BCUT2D eigenvalue weighted by Gasteiger charge is 2.31. The van der Waals surface area contributed by atoms with Crippen LogP contribution in [0.1, 0.15) is 18.5 Å². The number of primary amides is 1. The Morgan fingerprint density at radius 1 is 1.29 bits per heavy atom. The molecule has 0 saturated carbocycles. The van der Waals surface area contributed by atoms with E-state index in [1.807, 2.05) is 0 Å². The summed E-state index contributed by atoms with van der Waals surface area (Å²) in [4.78, 5) is 11.0. The standard InChI is InChI=1S/C13H11F4N3O/c1-7(12(18)21)20-6-9(5-19-20)8-2-10(13(15,16)17)4-11(14)3-8/h2-7H,1H3,(H2,18,21). The highest BCUT2D eigenvalue weighted by Crippen LogP contribution is 2.33. The monoisotopic (exact) mass is 301 g/mol. The Labute approximate surface area is 117 Å². The van der Waals surface area contributed by atoms with Crippen LogP contribution in [0.15, 0.2) is 30.6 Å². The summed E-state index contributed by atoms with van der Waals surface area (Å²) in [6.07, 6.45) is -2.06. The number of aromatic nitrogens is 2. The number of carbonyl (C=O) groups excluding carboxylic acids is 1. The SMILES string of the molecule is CC(C(N)=O)n1cc(-c2cc(F)cc(C(F)(F)F)c2)cn1. The molecule has 8 heteroatoms. The molecule has 0 aliphatic carbocycles. The quantitative estimate of drug-likeness (QED) is 0.886. The lowest BCUT2D eigenvalue weighted by Crippen LogP contribution is -2.24. The van der Waals surface area contributed by atoms with E-state index in [2.05, 4.69) is 5.10 Å². The smallest absolute Gasteiger partial charge is 0.368 e. The minimum atomic E-state index is -4.65. The molecule has 4 nitrogen and oxygen atoms in total. The van der Waals surface area contributed by atoms with Gasteiger partial charge in [-0.1, -0.05) is 0 Å². The van der Waals surface area contributed by atoms with Gasteiger partial charge in [0.25, 0.3) is 0 Å². The van der Waals surface area contributed by atoms with E-state index in [4.69, 9.17) is 5.73 Å². The highest BCUT2D eigenvalue weighted by atomic mass is 19.4. The fourth-order valence-corrected chi connectivity index (χ4v) is 1.75. The Morgan fingerprint density at radius 3 is 2.52 bits per heavy atom. The molecule has 0 bridgehead atoms. The summed E-state index contributed by atoms with van der Waals surface area (Å²) in [5.41, 5.74) is 4.30. The fraction of sp³-hybridized carbons (Fsp3) is 0.231. The molecule has 0 spiro atoms. The molecule has 2 aromatic rings. The number of nitrogens with zero attached hydrogens (tertiary/aromatic N) is 2. The van der Waals surface area contributed by atoms with Crippen LogP contribution in [0.4, 0.5) is 17.6 Å². The van der Waals surface area contributed by atoms with E-state index in [1.54, 1.807) is 0 Å². The molecule has 112 valence electrons. The topological polar surface area (TPSA) is 60.9 Å². The van der Waals surface area contributed by atoms with Gasteiger partial charge in [-0.25, -0.2) is 4.39 Å². The number of halogens is 4. The molecule has 1 unspecified atom stereocenters. The van der Waals surface area contributed by atoms with Crippen molar-refractivity contribution < 1.29 is 22.4 Å². The van der Waals surface area contributed by atoms with Crippen LogP contribution in [0.2, 0.25) is 0 Å². The second kappa shape index (κ2) is 5.19. The first-order chi connectivity index (χ1) is 9.68. The predicted octanol–water partition coefficient (Wildman–Crippen LogP) is 2.75. The van der Waals surface area contributed by atoms with Gasteiger partial charge in [0.05, 0.1) is 11.8 Å². The van der Waals surface area contributed by atoms with Crippen LogP contribution in [-0.4, -0.2) is 15.7 Å². The number of hydrogen-bond acceptors (Lipinski definition) is 2. The van der Waals surface area contributed by atoms with Crippen molar-refractivity contribution in [2.24, 2.45) is 5.73 Å². The Balaban J connectivity index is 2.43. The summed E-state index contributed by atoms with van der Waals surface area (Å²) >= 11 is 0. The van der Waals surface area contributed by atoms with Gasteiger partial charge >= 0.3 is 6.18 Å². The molecule has 2 N–H and O–H groups in total. The molecule has 1 aromatic carbocycles. The maximum atomic E-state index is 13.3. The van der Waals surface area contributed by atoms with E-state index in [0.717, 1.165) is 12.1 Å². The molecule has 21 heavy (non-hydrogen) atoms. The number of nitrogens with two attached hydrogens (primary N) is 1. The molecule has 0 fully saturated rings. The van der Waals surface area contributed by atoms with Gasteiger partial charge in [0, 0.05) is 11.8 Å². The number of alkyl halides is 3. The van der Waals surface area contributed by atoms with E-state index in [9.17, 15) is 22.4 Å². The first-order valence-electron chi connectivity index (χ1n) is 5.90. The first kappa shape index (κ1) is 15.0. The number of carbonyl (C=O) groups is 1. The van der Waals surface area contributed by atoms with Gasteiger partial charge in [-0.05, 0) is 30.7 Å². The van der Waals surface area contributed by atoms with Crippen molar-refractivity contribution in [1.82, 2.24) is 9.78 Å². The van der Waals surface area contributed by atoms with Crippen LogP contribution < -0.4 is 5.73 Å². The summed E-state index contributed by atoms with van der Waals surface area (Å²) in [5, 5.41) is 3.85. The lowest BCUT2D eigenvalue weighted by Gasteiger charge is -2.09. The summed E-state index contributed by atoms with van der Waals surface area (Å²) in [5.74, 6) is -1.64. The van der Waals surface area contributed by atoms with Crippen LogP contribution in [0.5, 0.6) is 0 Å². The van der Waals surface area contributed by atoms with Crippen LogP contribution in [-0.2, 0) is 11.0 Å². The van der Waals surface area contributed by atoms with Gasteiger partial charge in [-0.3, -0.25) is 9.48 Å². The van der Waals surface area contributed by atoms with Gasteiger partial charge in [0.2, 0.25) is 5.91 Å². The van der Waals surface area contributed by atoms with Gasteiger partial charge in [-0.2, -0.15) is 18.3 Å². The van der Waals surface area contributed by atoms with Crippen LogP contribution >= 0.6 is 0 Å². The lowest BCUT2D eigenvalue weighted by molar-refractivity contribution is -0.137. The molecule has 0 saturated heterocycles. The van der Waals surface area contributed by atoms with Gasteiger partial charge in [0.15, 0.2) is 0 Å². The molecule has 1 aromatic heterocycles. The Bertz CT molecular complexity index is 678. The Kier molecular flexibility index (Phi) is 3.71. The molecule has 1 atom stereocenters. The fourth-order valence-electron chi connectivity index (χ4n) is 1.75. The van der Waals surface area contributed by atoms with Crippen LogP contribution in [0, 0.1) is 5.82 Å². The Morgan fingerprint density at radius 2 is 1.95 bits per heavy atom. The zero-order valence-corrected chi connectivity index (χ0v) is 10.9. The first-order valence-corrected chi connectivity index (χ1v) is 5.90. The van der Waals surface area contributed by atoms with Crippen molar-refractivity contribution in [3.05, 3.63) is 42.0 Å². The zero-order chi connectivity index (χ0) is 15.8. The van der Waals surface area contributed by atoms with Gasteiger partial charge in [0.1, 0.15) is 11.9 Å². The largest absolute Gasteiger partial charge is 0.416 e. The number of benzene rings is 1. The number of amides is 1. The number of hydrogen-bond donors (Lipinski definition) is 1. The van der Waals surface area contributed by atoms with E-state index in [1.165, 1.54) is 24.0 Å². The predicted molar refractivity (Wildman–Crippen MR) is 66.5 cm³/mol. The minimum Gasteiger partial charge on any atom is -0.368 e. The molecular formula is C13H11F4N3O. The third-order valence-electron chi connectivity index (χ3n) is 2.97. The van der Waals surface area contributed by atoms with Crippen molar-refractivity contribution in [2.75, 3.05) is 0 Å². The molecule has 2 rings (SSSR count). The van der Waals surface area contributed by atoms with Gasteiger partial charge < -0.3 is 5.73 Å². The van der Waals surface area contributed by atoms with Crippen LogP contribution in [0.25, 0.3) is 11.1 Å². The summed E-state index contributed by atoms with van der Waals surface area (Å²) in [6.45, 7) is 1.49. The molecule has 1 heterocycles. The zero-order valence-electron chi connectivity index (χ0n) is 10.9. The number of rotatable bonds is 3. The van der Waals surface area contributed by atoms with E-state index in [0.29, 0.717) is 6.07 Å². The lowest BCUT2D eigenvalue weighted by atomic mass is 10.1. The second-order valence-electron chi connectivity index (χ2n) is 4.51. The van der Waals surface area contributed by atoms with Crippen LogP contribution in [0.3, 0.4) is 0 Å². The molecule has 0 radical (unpaired) electrons. The van der Waals surface area contributed by atoms with Crippen molar-refractivity contribution in [3.63, 3.8) is 0 Å². The summed E-state index contributed by atoms with van der Waals surface area (Å²) in [6, 6.07) is 1.44. The normalized spacial score (nSPS) is 13.2. The molecule has 1 amide bonds. The minimum absolute atomic E-state index is 0.0187. The summed E-state index contributed by atoms with van der Waals surface area (Å²) < 4.78 is 52.5. The third-order valence-corrected chi connectivity index (χ3v) is 2.97. The maximum absolute atomic E-state index is 13.3. The van der Waals surface area contributed by atoms with Crippen molar-refractivity contribution >= 4 is 5.91 Å².